The number of nitrogens with zero attached hydrogens (tertiary/aromatic N) is 4. The number of benzene rings is 2. The molecule has 1 aromatic heterocycles. The van der Waals surface area contributed by atoms with Crippen LogP contribution in [0.1, 0.15) is 30.9 Å². The molecule has 152 valence electrons. The summed E-state index contributed by atoms with van der Waals surface area (Å²) in [6.45, 7) is 6.38. The Labute approximate surface area is 178 Å². The van der Waals surface area contributed by atoms with Crippen LogP contribution in [-0.4, -0.2) is 21.9 Å². The van der Waals surface area contributed by atoms with E-state index in [0.29, 0.717) is 6.54 Å². The second kappa shape index (κ2) is 8.59. The first-order chi connectivity index (χ1) is 14.5. The molecule has 0 spiro atoms. The molecule has 0 radical (unpaired) electrons. The van der Waals surface area contributed by atoms with Gasteiger partial charge in [-0.1, -0.05) is 48.6 Å². The quantitative estimate of drug-likeness (QED) is 0.325. The second-order valence-corrected chi connectivity index (χ2v) is 8.19. The number of aryl methyl sites for hydroxylation is 1. The Kier molecular flexibility index (Phi) is 5.72. The summed E-state index contributed by atoms with van der Waals surface area (Å²) in [6, 6.07) is 15.0. The highest BCUT2D eigenvalue weighted by Gasteiger charge is 2.17. The molecule has 1 aliphatic rings. The molecule has 30 heavy (non-hydrogen) atoms. The largest absolute Gasteiger partial charge is 0.270 e. The Hall–Kier alpha value is -3.32. The molecule has 1 heterocycles. The summed E-state index contributed by atoms with van der Waals surface area (Å²) < 4.78 is 1.82. The highest BCUT2D eigenvalue weighted by Crippen LogP contribution is 2.26. The first kappa shape index (κ1) is 20.0. The molecule has 3 aromatic rings. The monoisotopic (exact) mass is 418 g/mol. The molecule has 0 amide bonds. The Morgan fingerprint density at radius 1 is 1.23 bits per heavy atom. The summed E-state index contributed by atoms with van der Waals surface area (Å²) in [5.41, 5.74) is 6.03. The number of thiazole rings is 1. The van der Waals surface area contributed by atoms with E-state index in [0.717, 1.165) is 46.6 Å². The zero-order chi connectivity index (χ0) is 21.1. The first-order valence-electron chi connectivity index (χ1n) is 9.79. The van der Waals surface area contributed by atoms with E-state index in [9.17, 15) is 10.1 Å². The third-order valence-electron chi connectivity index (χ3n) is 4.93. The molecule has 7 heteroatoms. The van der Waals surface area contributed by atoms with Crippen molar-refractivity contribution in [3.05, 3.63) is 92.1 Å². The molecule has 2 aromatic carbocycles. The molecule has 4 rings (SSSR count). The maximum absolute atomic E-state index is 11.3. The third-order valence-corrected chi connectivity index (χ3v) is 5.78. The number of non-ortho nitro benzene ring substituents is 1. The van der Waals surface area contributed by atoms with E-state index in [1.807, 2.05) is 29.1 Å². The van der Waals surface area contributed by atoms with Crippen LogP contribution in [0.3, 0.4) is 0 Å². The zero-order valence-corrected chi connectivity index (χ0v) is 17.6. The number of nitro benzene ring substituents is 1. The maximum Gasteiger partial charge on any atom is 0.270 e. The van der Waals surface area contributed by atoms with Crippen molar-refractivity contribution in [3.8, 4) is 11.3 Å². The Balaban J connectivity index is 1.89. The minimum atomic E-state index is -0.379. The lowest BCUT2D eigenvalue weighted by Gasteiger charge is -2.18. The van der Waals surface area contributed by atoms with Crippen LogP contribution in [0.4, 0.5) is 5.69 Å². The molecule has 0 saturated heterocycles. The van der Waals surface area contributed by atoms with Gasteiger partial charge in [0.15, 0.2) is 0 Å². The molecule has 0 bridgehead atoms. The molecular weight excluding hydrogens is 396 g/mol. The summed E-state index contributed by atoms with van der Waals surface area (Å²) >= 11 is 1.48. The summed E-state index contributed by atoms with van der Waals surface area (Å²) in [5.74, 6) is 0. The minimum absolute atomic E-state index is 0.0568. The number of aromatic nitrogens is 1. The lowest BCUT2D eigenvalue weighted by Crippen LogP contribution is -2.18. The number of hydrogen-bond acceptors (Lipinski definition) is 5. The normalized spacial score (nSPS) is 15.2. The van der Waals surface area contributed by atoms with Crippen molar-refractivity contribution >= 4 is 22.7 Å². The van der Waals surface area contributed by atoms with Crippen LogP contribution in [-0.2, 0) is 6.42 Å². The Morgan fingerprint density at radius 3 is 2.87 bits per heavy atom. The molecule has 0 atom stereocenters. The van der Waals surface area contributed by atoms with Gasteiger partial charge in [-0.05, 0) is 31.7 Å². The van der Waals surface area contributed by atoms with Crippen molar-refractivity contribution < 1.29 is 4.92 Å². The second-order valence-electron chi connectivity index (χ2n) is 7.35. The molecule has 0 saturated carbocycles. The van der Waals surface area contributed by atoms with E-state index in [2.05, 4.69) is 29.8 Å². The van der Waals surface area contributed by atoms with E-state index in [1.54, 1.807) is 12.1 Å². The van der Waals surface area contributed by atoms with E-state index < -0.39 is 0 Å². The fourth-order valence-electron chi connectivity index (χ4n) is 3.51. The van der Waals surface area contributed by atoms with Gasteiger partial charge in [0.25, 0.3) is 5.69 Å². The van der Waals surface area contributed by atoms with Gasteiger partial charge in [-0.3, -0.25) is 15.1 Å². The number of nitro groups is 1. The molecule has 0 N–H and O–H groups in total. The van der Waals surface area contributed by atoms with Gasteiger partial charge in [0, 0.05) is 28.6 Å². The highest BCUT2D eigenvalue weighted by molar-refractivity contribution is 7.07. The van der Waals surface area contributed by atoms with Gasteiger partial charge in [-0.15, -0.1) is 11.3 Å². The molecular formula is C23H22N4O2S. The average molecular weight is 419 g/mol. The maximum atomic E-state index is 11.3. The minimum Gasteiger partial charge on any atom is -0.258 e. The van der Waals surface area contributed by atoms with Gasteiger partial charge in [-0.2, -0.15) is 5.10 Å². The van der Waals surface area contributed by atoms with Gasteiger partial charge in [0.05, 0.1) is 22.9 Å². The van der Waals surface area contributed by atoms with Crippen molar-refractivity contribution in [1.82, 2.24) is 4.68 Å². The van der Waals surface area contributed by atoms with Crippen LogP contribution >= 0.6 is 11.3 Å². The average Bonchev–Trinajstić information content (AvgIpc) is 3.15. The smallest absolute Gasteiger partial charge is 0.258 e. The molecule has 0 unspecified atom stereocenters. The number of rotatable bonds is 5. The fourth-order valence-corrected chi connectivity index (χ4v) is 4.34. The Morgan fingerprint density at radius 2 is 2.07 bits per heavy atom. The lowest BCUT2D eigenvalue weighted by atomic mass is 9.90. The highest BCUT2D eigenvalue weighted by atomic mass is 32.1. The molecule has 1 aliphatic carbocycles. The summed E-state index contributed by atoms with van der Waals surface area (Å²) in [6.07, 6.45) is 2.98. The summed E-state index contributed by atoms with van der Waals surface area (Å²) in [5, 5.41) is 18.2. The van der Waals surface area contributed by atoms with Crippen LogP contribution < -0.4 is 4.80 Å². The predicted molar refractivity (Wildman–Crippen MR) is 121 cm³/mol. The molecule has 0 aliphatic heterocycles. The van der Waals surface area contributed by atoms with Gasteiger partial charge >= 0.3 is 0 Å². The summed E-state index contributed by atoms with van der Waals surface area (Å²) in [7, 11) is 0. The molecule has 0 fully saturated rings. The number of fused-ring (bicyclic) bond motifs is 1. The van der Waals surface area contributed by atoms with Crippen LogP contribution in [0.15, 0.2) is 76.2 Å². The molecule has 6 nitrogen and oxygen atoms in total. The fraction of sp³-hybridized carbons (Fsp3) is 0.217. The topological polar surface area (TPSA) is 72.8 Å². The van der Waals surface area contributed by atoms with Gasteiger partial charge in [0.1, 0.15) is 0 Å². The van der Waals surface area contributed by atoms with Gasteiger partial charge < -0.3 is 0 Å². The van der Waals surface area contributed by atoms with Crippen LogP contribution in [0.2, 0.25) is 0 Å². The van der Waals surface area contributed by atoms with E-state index in [-0.39, 0.29) is 10.6 Å². The first-order valence-corrected chi connectivity index (χ1v) is 10.7. The van der Waals surface area contributed by atoms with Crippen LogP contribution in [0.5, 0.6) is 0 Å². The van der Waals surface area contributed by atoms with E-state index in [1.165, 1.54) is 28.5 Å². The van der Waals surface area contributed by atoms with Crippen molar-refractivity contribution in [1.29, 1.82) is 0 Å². The van der Waals surface area contributed by atoms with Gasteiger partial charge in [0.2, 0.25) is 4.80 Å². The predicted octanol–water partition coefficient (Wildman–Crippen LogP) is 5.19. The summed E-state index contributed by atoms with van der Waals surface area (Å²) in [4.78, 5) is 16.3. The standard InChI is InChI=1S/C23H22N4O2S/c1-16(2)14-24-23-26(25-21-12-6-8-17-7-3-4-11-20(17)21)22(15-30-23)18-9-5-10-19(13-18)27(28)29/h3-5,7,9-11,13,15H,1,6,8,12,14H2,2H3. The Bertz CT molecular complexity index is 1220. The van der Waals surface area contributed by atoms with E-state index in [4.69, 9.17) is 5.10 Å². The lowest BCUT2D eigenvalue weighted by molar-refractivity contribution is -0.384. The van der Waals surface area contributed by atoms with E-state index >= 15 is 0 Å². The van der Waals surface area contributed by atoms with Crippen molar-refractivity contribution in [3.63, 3.8) is 0 Å². The number of hydrogen-bond donors (Lipinski definition) is 0. The third kappa shape index (κ3) is 4.16. The van der Waals surface area contributed by atoms with Crippen molar-refractivity contribution in [2.75, 3.05) is 6.54 Å². The zero-order valence-electron chi connectivity index (χ0n) is 16.7. The van der Waals surface area contributed by atoms with Crippen molar-refractivity contribution in [2.24, 2.45) is 10.1 Å². The van der Waals surface area contributed by atoms with Crippen LogP contribution in [0.25, 0.3) is 11.3 Å². The van der Waals surface area contributed by atoms with Crippen LogP contribution in [0, 0.1) is 10.1 Å². The SMILES string of the molecule is C=C(C)CN=c1scc(-c2cccc([N+](=O)[O-])c2)n1N=C1CCCc2ccccc21. The van der Waals surface area contributed by atoms with Gasteiger partial charge in [-0.25, -0.2) is 4.68 Å². The van der Waals surface area contributed by atoms with Crippen molar-refractivity contribution in [2.45, 2.75) is 26.2 Å².